The van der Waals surface area contributed by atoms with Crippen LogP contribution in [0.25, 0.3) is 0 Å². The minimum atomic E-state index is -0.853. The van der Waals surface area contributed by atoms with E-state index < -0.39 is 5.54 Å². The topological polar surface area (TPSA) is 74.3 Å². The van der Waals surface area contributed by atoms with Crippen LogP contribution in [0.15, 0.2) is 12.1 Å². The Morgan fingerprint density at radius 3 is 2.19 bits per heavy atom. The highest BCUT2D eigenvalue weighted by Crippen LogP contribution is 2.41. The molecule has 1 heterocycles. The molecule has 0 bridgehead atoms. The molecule has 1 aromatic carbocycles. The van der Waals surface area contributed by atoms with Gasteiger partial charge in [0.05, 0.1) is 27.9 Å². The molecule has 2 aliphatic rings. The number of carbonyl (C=O) groups excluding carboxylic acids is 2. The maximum Gasteiger partial charge on any atom is 0.332 e. The number of carbonyl (C=O) groups is 2. The van der Waals surface area contributed by atoms with Gasteiger partial charge >= 0.3 is 5.97 Å². The Bertz CT molecular complexity index is 670. The summed E-state index contributed by atoms with van der Waals surface area (Å²) in [5.41, 5.74) is -0.451. The lowest BCUT2D eigenvalue weighted by atomic mass is 9.79. The van der Waals surface area contributed by atoms with Crippen molar-refractivity contribution in [3.05, 3.63) is 17.7 Å². The summed E-state index contributed by atoms with van der Waals surface area (Å²) in [6.07, 6.45) is 4.17. The zero-order chi connectivity index (χ0) is 18.7. The summed E-state index contributed by atoms with van der Waals surface area (Å²) < 4.78 is 21.3. The van der Waals surface area contributed by atoms with Crippen LogP contribution in [0.3, 0.4) is 0 Å². The standard InChI is InChI=1S/C19H25NO6/c1-23-14-11-13(12-15(24-2)16(14)25-3)17(21)20-9-10-26-18(22)19(20)7-5-4-6-8-19/h11-12H,4-10H2,1-3H3. The van der Waals surface area contributed by atoms with Crippen LogP contribution in [0, 0.1) is 0 Å². The number of nitrogens with zero attached hydrogens (tertiary/aromatic N) is 1. The lowest BCUT2D eigenvalue weighted by Gasteiger charge is -2.47. The first kappa shape index (κ1) is 18.4. The Kier molecular flexibility index (Phi) is 5.25. The fourth-order valence-electron chi connectivity index (χ4n) is 3.96. The fourth-order valence-corrected chi connectivity index (χ4v) is 3.96. The second kappa shape index (κ2) is 7.43. The van der Waals surface area contributed by atoms with Gasteiger partial charge in [-0.1, -0.05) is 19.3 Å². The van der Waals surface area contributed by atoms with Gasteiger partial charge in [-0.05, 0) is 25.0 Å². The number of ether oxygens (including phenoxy) is 4. The second-order valence-electron chi connectivity index (χ2n) is 6.60. The molecule has 1 aliphatic carbocycles. The molecule has 142 valence electrons. The van der Waals surface area contributed by atoms with E-state index in [-0.39, 0.29) is 18.5 Å². The van der Waals surface area contributed by atoms with E-state index in [1.54, 1.807) is 17.0 Å². The van der Waals surface area contributed by atoms with Gasteiger partial charge in [0.25, 0.3) is 5.91 Å². The van der Waals surface area contributed by atoms with E-state index in [0.717, 1.165) is 19.3 Å². The van der Waals surface area contributed by atoms with E-state index in [2.05, 4.69) is 0 Å². The molecular formula is C19H25NO6. The van der Waals surface area contributed by atoms with E-state index in [1.807, 2.05) is 0 Å². The third-order valence-electron chi connectivity index (χ3n) is 5.28. The summed E-state index contributed by atoms with van der Waals surface area (Å²) in [7, 11) is 4.53. The van der Waals surface area contributed by atoms with Crippen LogP contribution in [0.5, 0.6) is 17.2 Å². The van der Waals surface area contributed by atoms with Gasteiger partial charge in [-0.3, -0.25) is 4.79 Å². The van der Waals surface area contributed by atoms with Gasteiger partial charge in [0.2, 0.25) is 5.75 Å². The van der Waals surface area contributed by atoms with Crippen molar-refractivity contribution in [2.45, 2.75) is 37.6 Å². The van der Waals surface area contributed by atoms with Gasteiger partial charge in [0.1, 0.15) is 12.1 Å². The third kappa shape index (κ3) is 2.95. The van der Waals surface area contributed by atoms with Crippen LogP contribution in [0.1, 0.15) is 42.5 Å². The lowest BCUT2D eigenvalue weighted by Crippen LogP contribution is -2.62. The van der Waals surface area contributed by atoms with Gasteiger partial charge < -0.3 is 23.8 Å². The van der Waals surface area contributed by atoms with Crippen molar-refractivity contribution >= 4 is 11.9 Å². The summed E-state index contributed by atoms with van der Waals surface area (Å²) in [6.45, 7) is 0.609. The Morgan fingerprint density at radius 1 is 1.04 bits per heavy atom. The Morgan fingerprint density at radius 2 is 1.65 bits per heavy atom. The monoisotopic (exact) mass is 363 g/mol. The van der Waals surface area contributed by atoms with E-state index in [9.17, 15) is 9.59 Å². The first-order chi connectivity index (χ1) is 12.6. The van der Waals surface area contributed by atoms with Crippen LogP contribution < -0.4 is 14.2 Å². The Labute approximate surface area is 153 Å². The molecule has 1 saturated carbocycles. The molecule has 1 saturated heterocycles. The van der Waals surface area contributed by atoms with Crippen LogP contribution in [0.2, 0.25) is 0 Å². The predicted octanol–water partition coefficient (Wildman–Crippen LogP) is 2.41. The minimum absolute atomic E-state index is 0.219. The molecule has 3 rings (SSSR count). The number of cyclic esters (lactones) is 1. The normalized spacial score (nSPS) is 19.0. The SMILES string of the molecule is COc1cc(C(=O)N2CCOC(=O)C23CCCCC3)cc(OC)c1OC. The van der Waals surface area contributed by atoms with Crippen molar-refractivity contribution in [1.82, 2.24) is 4.90 Å². The Hall–Kier alpha value is -2.44. The van der Waals surface area contributed by atoms with Gasteiger partial charge in [0.15, 0.2) is 11.5 Å². The molecule has 7 heteroatoms. The van der Waals surface area contributed by atoms with E-state index >= 15 is 0 Å². The molecule has 2 fully saturated rings. The molecule has 0 N–H and O–H groups in total. The maximum atomic E-state index is 13.3. The number of morpholine rings is 1. The van der Waals surface area contributed by atoms with Crippen molar-refractivity contribution in [3.63, 3.8) is 0 Å². The fraction of sp³-hybridized carbons (Fsp3) is 0.579. The molecule has 1 aliphatic heterocycles. The largest absolute Gasteiger partial charge is 0.493 e. The third-order valence-corrected chi connectivity index (χ3v) is 5.28. The number of hydrogen-bond donors (Lipinski definition) is 0. The number of hydrogen-bond acceptors (Lipinski definition) is 6. The maximum absolute atomic E-state index is 13.3. The van der Waals surface area contributed by atoms with Crippen molar-refractivity contribution in [2.75, 3.05) is 34.5 Å². The van der Waals surface area contributed by atoms with Crippen molar-refractivity contribution in [3.8, 4) is 17.2 Å². The molecule has 1 amide bonds. The summed E-state index contributed by atoms with van der Waals surface area (Å²) in [5, 5.41) is 0. The molecule has 0 aromatic heterocycles. The number of methoxy groups -OCH3 is 3. The molecule has 0 unspecified atom stereocenters. The van der Waals surface area contributed by atoms with Gasteiger partial charge in [-0.2, -0.15) is 0 Å². The highest BCUT2D eigenvalue weighted by molar-refractivity contribution is 5.99. The van der Waals surface area contributed by atoms with Gasteiger partial charge in [0, 0.05) is 5.56 Å². The zero-order valence-corrected chi connectivity index (χ0v) is 15.5. The van der Waals surface area contributed by atoms with Crippen LogP contribution in [-0.2, 0) is 9.53 Å². The molecule has 26 heavy (non-hydrogen) atoms. The highest BCUT2D eigenvalue weighted by Gasteiger charge is 2.50. The number of amides is 1. The van der Waals surface area contributed by atoms with Gasteiger partial charge in [-0.25, -0.2) is 4.79 Å². The summed E-state index contributed by atoms with van der Waals surface area (Å²) in [6, 6.07) is 3.25. The highest BCUT2D eigenvalue weighted by atomic mass is 16.5. The van der Waals surface area contributed by atoms with Crippen molar-refractivity contribution < 1.29 is 28.5 Å². The van der Waals surface area contributed by atoms with Gasteiger partial charge in [-0.15, -0.1) is 0 Å². The minimum Gasteiger partial charge on any atom is -0.493 e. The van der Waals surface area contributed by atoms with Crippen LogP contribution in [-0.4, -0.2) is 56.8 Å². The van der Waals surface area contributed by atoms with Crippen molar-refractivity contribution in [2.24, 2.45) is 0 Å². The molecular weight excluding hydrogens is 338 g/mol. The molecule has 1 spiro atoms. The first-order valence-corrected chi connectivity index (χ1v) is 8.86. The zero-order valence-electron chi connectivity index (χ0n) is 15.5. The number of esters is 1. The predicted molar refractivity (Wildman–Crippen MR) is 93.9 cm³/mol. The smallest absolute Gasteiger partial charge is 0.332 e. The second-order valence-corrected chi connectivity index (χ2v) is 6.60. The number of rotatable bonds is 4. The molecule has 7 nitrogen and oxygen atoms in total. The van der Waals surface area contributed by atoms with Crippen LogP contribution >= 0.6 is 0 Å². The van der Waals surface area contributed by atoms with E-state index in [4.69, 9.17) is 18.9 Å². The summed E-state index contributed by atoms with van der Waals surface area (Å²) >= 11 is 0. The molecule has 0 radical (unpaired) electrons. The average Bonchev–Trinajstić information content (AvgIpc) is 2.69. The quantitative estimate of drug-likeness (QED) is 0.765. The van der Waals surface area contributed by atoms with Crippen molar-refractivity contribution in [1.29, 1.82) is 0 Å². The lowest BCUT2D eigenvalue weighted by molar-refractivity contribution is -0.168. The summed E-state index contributed by atoms with van der Waals surface area (Å²) in [4.78, 5) is 27.6. The van der Waals surface area contributed by atoms with E-state index in [0.29, 0.717) is 42.2 Å². The summed E-state index contributed by atoms with van der Waals surface area (Å²) in [5.74, 6) is 0.740. The van der Waals surface area contributed by atoms with E-state index in [1.165, 1.54) is 21.3 Å². The molecule has 1 aromatic rings. The number of benzene rings is 1. The Balaban J connectivity index is 2.00. The van der Waals surface area contributed by atoms with Crippen LogP contribution in [0.4, 0.5) is 0 Å². The molecule has 0 atom stereocenters. The average molecular weight is 363 g/mol. The first-order valence-electron chi connectivity index (χ1n) is 8.86.